The minimum Gasteiger partial charge on any atom is -0.476 e. The zero-order chi connectivity index (χ0) is 90.1. The largest absolute Gasteiger partial charge is 0.476 e. The van der Waals surface area contributed by atoms with E-state index in [0.717, 1.165) is 101 Å². The van der Waals surface area contributed by atoms with E-state index in [1.165, 1.54) is 82.3 Å². The number of imidazole rings is 3. The Kier molecular flexibility index (Phi) is 26.1. The predicted octanol–water partition coefficient (Wildman–Crippen LogP) is 15.0. The molecule has 0 aliphatic heterocycles. The van der Waals surface area contributed by atoms with Crippen LogP contribution >= 0.6 is 0 Å². The first-order valence-electron chi connectivity index (χ1n) is 40.2. The topological polar surface area (TPSA) is 370 Å². The number of aromatic nitrogens is 15. The lowest BCUT2D eigenvalue weighted by Crippen LogP contribution is -2.42. The van der Waals surface area contributed by atoms with Crippen molar-refractivity contribution in [3.05, 3.63) is 244 Å². The van der Waals surface area contributed by atoms with E-state index in [2.05, 4.69) is 71.1 Å². The number of hydrogen-bond donors (Lipinski definition) is 7. The van der Waals surface area contributed by atoms with Crippen molar-refractivity contribution in [3.8, 4) is 34.2 Å². The zero-order valence-corrected chi connectivity index (χ0v) is 70.9. The minimum absolute atomic E-state index is 0.00173. The maximum absolute atomic E-state index is 15.4. The van der Waals surface area contributed by atoms with Crippen LogP contribution < -0.4 is 27.0 Å². The molecular formula is C87H87F9N20O8S2. The fraction of sp³-hybridized carbons (Fsp3) is 0.310. The van der Waals surface area contributed by atoms with Gasteiger partial charge in [0.2, 0.25) is 0 Å². The number of hydrogen-bond acceptors (Lipinski definition) is 19. The molecule has 6 atom stereocenters. The first-order valence-corrected chi connectivity index (χ1v) is 43.1. The molecular weight excluding hydrogens is 1690 g/mol. The summed E-state index contributed by atoms with van der Waals surface area (Å²) in [7, 11) is -3.29. The van der Waals surface area contributed by atoms with Crippen molar-refractivity contribution in [2.45, 2.75) is 158 Å². The van der Waals surface area contributed by atoms with Gasteiger partial charge >= 0.3 is 5.97 Å². The van der Waals surface area contributed by atoms with Crippen molar-refractivity contribution in [1.82, 2.24) is 82.1 Å². The summed E-state index contributed by atoms with van der Waals surface area (Å²) >= 11 is 0. The van der Waals surface area contributed by atoms with Gasteiger partial charge in [0.05, 0.1) is 57.1 Å². The normalized spacial score (nSPS) is 17.2. The van der Waals surface area contributed by atoms with Crippen LogP contribution in [0.4, 0.5) is 51.1 Å². The van der Waals surface area contributed by atoms with Crippen LogP contribution in [0.25, 0.3) is 66.9 Å². The summed E-state index contributed by atoms with van der Waals surface area (Å²) in [6.07, 6.45) is 22.6. The number of carbonyl (C=O) groups excluding carboxylic acids is 2. The summed E-state index contributed by atoms with van der Waals surface area (Å²) in [4.78, 5) is 75.4. The van der Waals surface area contributed by atoms with Gasteiger partial charge in [-0.05, 0) is 160 Å². The second-order valence-corrected chi connectivity index (χ2v) is 35.4. The lowest BCUT2D eigenvalue weighted by Gasteiger charge is -2.30. The van der Waals surface area contributed by atoms with Crippen LogP contribution in [0.1, 0.15) is 142 Å². The van der Waals surface area contributed by atoms with E-state index in [1.807, 2.05) is 6.92 Å². The van der Waals surface area contributed by atoms with Crippen LogP contribution in [0, 0.1) is 92.9 Å². The molecule has 658 valence electrons. The number of nitrogens with one attached hydrogen (secondary N) is 5. The molecule has 0 saturated heterocycles. The van der Waals surface area contributed by atoms with Crippen LogP contribution in [-0.4, -0.2) is 141 Å². The SMILES string of the molecule is Cc1ccc(S(=O)(=O)n2cc(-c3nc(C)c(F)c(C[C@H]4CCC[C@@H](N)C4)n3)c3cc(F)cc(F)c32)cc1.Cc1ccc(S(=O)(=O)n2cc(-c3nc(C)c(F)c(N[C@H]4CCC[C@@H](NC(=O)c5cn(C)cn5)C4)n3)c3cc(F)cc(F)c32)cc1.Cc1nc(-c2c[nH]c3c(F)cc(F)cc23)nc(N[C@H]2CCC[C@@H](NC(=O)c3cn(C)cn3)C2)c1F.Cn1cnc(C(=O)O)c1. The summed E-state index contributed by atoms with van der Waals surface area (Å²) in [6, 6.07) is 16.7. The molecule has 126 heavy (non-hydrogen) atoms. The van der Waals surface area contributed by atoms with Gasteiger partial charge in [0.1, 0.15) is 45.7 Å². The van der Waals surface area contributed by atoms with E-state index in [4.69, 9.17) is 10.8 Å². The molecule has 0 unspecified atom stereocenters. The Morgan fingerprint density at radius 1 is 0.468 bits per heavy atom. The molecule has 14 aromatic rings. The number of benzene rings is 5. The zero-order valence-electron chi connectivity index (χ0n) is 69.3. The highest BCUT2D eigenvalue weighted by Crippen LogP contribution is 2.40. The Labute approximate surface area is 716 Å². The molecule has 3 saturated carbocycles. The molecule has 3 aliphatic rings. The number of nitrogens with zero attached hydrogens (tertiary/aromatic N) is 14. The quantitative estimate of drug-likeness (QED) is 0.0392. The Bertz CT molecular complexity index is 6740. The van der Waals surface area contributed by atoms with Crippen LogP contribution in [0.15, 0.2) is 151 Å². The number of fused-ring (bicyclic) bond motifs is 3. The van der Waals surface area contributed by atoms with Gasteiger partial charge in [-0.1, -0.05) is 41.8 Å². The lowest BCUT2D eigenvalue weighted by molar-refractivity contribution is 0.0690. The minimum atomic E-state index is -4.32. The number of aromatic carboxylic acids is 1. The Morgan fingerprint density at radius 2 is 0.865 bits per heavy atom. The number of anilines is 2. The molecule has 3 fully saturated rings. The molecule has 0 spiro atoms. The molecule has 9 heterocycles. The summed E-state index contributed by atoms with van der Waals surface area (Å²) in [5.41, 5.74) is 8.70. The first-order chi connectivity index (χ1) is 59.9. The van der Waals surface area contributed by atoms with E-state index in [-0.39, 0.29) is 159 Å². The third kappa shape index (κ3) is 19.7. The number of nitrogens with two attached hydrogens (primary N) is 1. The maximum Gasteiger partial charge on any atom is 0.356 e. The van der Waals surface area contributed by atoms with Crippen molar-refractivity contribution in [3.63, 3.8) is 0 Å². The molecule has 8 N–H and O–H groups in total. The van der Waals surface area contributed by atoms with Gasteiger partial charge in [-0.3, -0.25) is 9.59 Å². The number of amides is 2. The van der Waals surface area contributed by atoms with Crippen molar-refractivity contribution in [2.24, 2.45) is 32.8 Å². The molecule has 9 aromatic heterocycles. The number of aromatic amines is 1. The molecule has 3 aliphatic carbocycles. The number of rotatable bonds is 18. The number of H-pyrrole nitrogens is 1. The molecule has 39 heteroatoms. The predicted molar refractivity (Wildman–Crippen MR) is 451 cm³/mol. The molecule has 28 nitrogen and oxygen atoms in total. The Morgan fingerprint density at radius 3 is 1.29 bits per heavy atom. The third-order valence-corrected chi connectivity index (χ3v) is 25.4. The van der Waals surface area contributed by atoms with E-state index in [1.54, 1.807) is 84.8 Å². The number of carboxylic acid groups (broad SMARTS) is 1. The highest BCUT2D eigenvalue weighted by molar-refractivity contribution is 7.90. The van der Waals surface area contributed by atoms with Crippen molar-refractivity contribution >= 4 is 82.2 Å². The number of carbonyl (C=O) groups is 3. The summed E-state index contributed by atoms with van der Waals surface area (Å²) in [6.45, 7) is 8.03. The standard InChI is InChI=1S/C31H30F3N7O3S.C27H27F3N4O2S.C24H24F3N7O.C5H6N2O2/c1-17-7-9-22(10-8-17)45(43,44)41-14-24(23-11-19(32)12-25(33)28(23)41)29-36-18(2)27(34)30(39-29)37-20-5-4-6-21(13-20)38-31(42)26-15-40(3)16-35-26;1-15-6-8-20(9-7-15)37(35,36)34-14-22(21-12-18(28)13-23(29)26(21)34)27-32-16(2)25(30)24(33-27)11-17-4-3-5-19(31)10-17;1-12-20(27)23(33-22(30-12)17-9-28-21-16(17)6-13(25)7-18(21)26)31-14-4-3-5-15(8-14)32-24(35)19-10-34(2)11-29-19;1-7-2-4(5(8)9)6-3-7/h7-12,14-16,20-21H,4-6,13H2,1-3H3,(H,38,42)(H,36,37,39);6-9,12-14,17,19H,3-5,10-11,31H2,1-2H3;6-7,9-11,14-15,28H,3-5,8H2,1-2H3,(H,32,35)(H,30,31,33);2-3H,1H3,(H,8,9)/t20-,21+;17-,19+;14-,15+;/m000./s1. The number of halogens is 9. The fourth-order valence-electron chi connectivity index (χ4n) is 15.8. The van der Waals surface area contributed by atoms with Crippen LogP contribution in [0.5, 0.6) is 0 Å². The molecule has 0 radical (unpaired) electrons. The maximum atomic E-state index is 15.4. The van der Waals surface area contributed by atoms with Crippen molar-refractivity contribution < 1.29 is 75.8 Å². The smallest absolute Gasteiger partial charge is 0.356 e. The molecule has 17 rings (SSSR count). The lowest BCUT2D eigenvalue weighted by atomic mass is 9.83. The number of aryl methyl sites for hydroxylation is 8. The van der Waals surface area contributed by atoms with Gasteiger partial charge < -0.3 is 50.8 Å². The fourth-order valence-corrected chi connectivity index (χ4v) is 18.6. The second-order valence-electron chi connectivity index (χ2n) is 31.8. The molecule has 5 aromatic carbocycles. The first kappa shape index (κ1) is 89.1. The van der Waals surface area contributed by atoms with Crippen LogP contribution in [0.3, 0.4) is 0 Å². The van der Waals surface area contributed by atoms with E-state index in [0.29, 0.717) is 54.8 Å². The van der Waals surface area contributed by atoms with Crippen LogP contribution in [-0.2, 0) is 47.6 Å². The highest BCUT2D eigenvalue weighted by atomic mass is 32.2. The molecule has 0 bridgehead atoms. The second kappa shape index (κ2) is 36.9. The van der Waals surface area contributed by atoms with Gasteiger partial charge in [-0.15, -0.1) is 0 Å². The van der Waals surface area contributed by atoms with Gasteiger partial charge in [0, 0.05) is 140 Å². The van der Waals surface area contributed by atoms with E-state index >= 15 is 17.6 Å². The van der Waals surface area contributed by atoms with E-state index < -0.39 is 78.4 Å². The summed E-state index contributed by atoms with van der Waals surface area (Å²) < 4.78 is 193. The third-order valence-electron chi connectivity index (χ3n) is 22.1. The number of carboxylic acids is 1. The average molecular weight is 1780 g/mol. The monoisotopic (exact) mass is 1770 g/mol. The van der Waals surface area contributed by atoms with Gasteiger partial charge in [0.25, 0.3) is 31.9 Å². The van der Waals surface area contributed by atoms with Crippen LogP contribution in [0.2, 0.25) is 0 Å². The summed E-state index contributed by atoms with van der Waals surface area (Å²) in [5, 5.41) is 20.7. The Hall–Kier alpha value is -13.2. The van der Waals surface area contributed by atoms with Crippen molar-refractivity contribution in [2.75, 3.05) is 10.6 Å². The van der Waals surface area contributed by atoms with Gasteiger partial charge in [0.15, 0.2) is 63.9 Å². The van der Waals surface area contributed by atoms with Gasteiger partial charge in [-0.2, -0.15) is 0 Å². The molecule has 2 amide bonds. The van der Waals surface area contributed by atoms with E-state index in [9.17, 15) is 53.2 Å². The van der Waals surface area contributed by atoms with Gasteiger partial charge in [-0.25, -0.2) is 114 Å². The van der Waals surface area contributed by atoms with Crippen molar-refractivity contribution in [1.29, 1.82) is 0 Å². The summed E-state index contributed by atoms with van der Waals surface area (Å²) in [5.74, 6) is -8.74. The Balaban J connectivity index is 0.000000147. The highest BCUT2D eigenvalue weighted by Gasteiger charge is 2.34. The average Bonchev–Trinajstić information content (AvgIpc) is 1.59.